The van der Waals surface area contributed by atoms with Gasteiger partial charge in [0.15, 0.2) is 5.78 Å². The lowest BCUT2D eigenvalue weighted by molar-refractivity contribution is -0.137. The summed E-state index contributed by atoms with van der Waals surface area (Å²) in [6, 6.07) is 2.86. The molecule has 1 aliphatic rings. The summed E-state index contributed by atoms with van der Waals surface area (Å²) in [6.07, 6.45) is -3.88. The number of ketones is 1. The minimum absolute atomic E-state index is 0.463. The molecule has 7 heteroatoms. The summed E-state index contributed by atoms with van der Waals surface area (Å²) in [4.78, 5) is 10.1. The van der Waals surface area contributed by atoms with Gasteiger partial charge in [-0.3, -0.25) is 4.79 Å². The Morgan fingerprint density at radius 3 is 2.33 bits per heavy atom. The highest BCUT2D eigenvalue weighted by Crippen LogP contribution is 2.41. The Kier molecular flexibility index (Phi) is 2.62. The topological polar surface area (TPSA) is 51.2 Å². The van der Waals surface area contributed by atoms with Crippen LogP contribution in [0.5, 0.6) is 0 Å². The number of halogens is 3. The van der Waals surface area contributed by atoms with Crippen molar-refractivity contribution in [2.24, 2.45) is 0 Å². The number of rotatable bonds is 1. The molecular formula is C11H7F3O3S. The molecule has 0 bridgehead atoms. The first kappa shape index (κ1) is 12.8. The number of fused-ring (bicyclic) bond motifs is 1. The molecule has 3 nitrogen and oxygen atoms in total. The highest BCUT2D eigenvalue weighted by atomic mass is 32.2. The van der Waals surface area contributed by atoms with Crippen molar-refractivity contribution >= 4 is 21.7 Å². The summed E-state index contributed by atoms with van der Waals surface area (Å²) in [5.74, 6) is -0.778. The van der Waals surface area contributed by atoms with E-state index in [2.05, 4.69) is 0 Å². The van der Waals surface area contributed by atoms with E-state index >= 15 is 0 Å². The fourth-order valence-electron chi connectivity index (χ4n) is 1.79. The number of carbonyl (C=O) groups excluding carboxylic acids is 1. The van der Waals surface area contributed by atoms with E-state index in [-0.39, 0.29) is 0 Å². The molecule has 0 aliphatic carbocycles. The highest BCUT2D eigenvalue weighted by Gasteiger charge is 2.40. The van der Waals surface area contributed by atoms with Gasteiger partial charge in [0.2, 0.25) is 9.84 Å². The molecule has 1 heterocycles. The van der Waals surface area contributed by atoms with Gasteiger partial charge < -0.3 is 0 Å². The lowest BCUT2D eigenvalue weighted by atomic mass is 10.1. The monoisotopic (exact) mass is 276 g/mol. The zero-order chi connectivity index (χ0) is 13.7. The molecular weight excluding hydrogens is 269 g/mol. The summed E-state index contributed by atoms with van der Waals surface area (Å²) in [6.45, 7) is 1.00. The molecule has 1 aromatic carbocycles. The van der Waals surface area contributed by atoms with Gasteiger partial charge in [-0.2, -0.15) is 13.2 Å². The number of Topliss-reactive ketones (excluding diaryl/α,β-unsaturated/α-hetero) is 1. The molecule has 0 aromatic heterocycles. The van der Waals surface area contributed by atoms with E-state index < -0.39 is 42.7 Å². The molecule has 96 valence electrons. The number of sulfone groups is 1. The summed E-state index contributed by atoms with van der Waals surface area (Å²) in [5.41, 5.74) is -1.52. The number of benzene rings is 1. The Morgan fingerprint density at radius 1 is 1.22 bits per heavy atom. The standard InChI is InChI=1S/C11H7F3O3S/c1-6(15)10-5-7-8(11(12,13)14)3-2-4-9(7)18(10,16)17/h2-5H,1H3. The van der Waals surface area contributed by atoms with E-state index in [1.165, 1.54) is 0 Å². The van der Waals surface area contributed by atoms with Crippen LogP contribution < -0.4 is 0 Å². The average Bonchev–Trinajstić information content (AvgIpc) is 2.49. The van der Waals surface area contributed by atoms with Crippen LogP contribution in [0.15, 0.2) is 28.0 Å². The summed E-state index contributed by atoms with van der Waals surface area (Å²) in [5, 5.41) is 0. The summed E-state index contributed by atoms with van der Waals surface area (Å²) >= 11 is 0. The molecule has 0 unspecified atom stereocenters. The van der Waals surface area contributed by atoms with E-state index in [1.54, 1.807) is 0 Å². The first-order valence-electron chi connectivity index (χ1n) is 4.83. The average molecular weight is 276 g/mol. The molecule has 0 atom stereocenters. The zero-order valence-corrected chi connectivity index (χ0v) is 9.89. The zero-order valence-electron chi connectivity index (χ0n) is 9.08. The van der Waals surface area contributed by atoms with Crippen LogP contribution in [0.1, 0.15) is 18.1 Å². The maximum absolute atomic E-state index is 12.7. The van der Waals surface area contributed by atoms with Crippen LogP contribution in [0.2, 0.25) is 0 Å². The molecule has 2 rings (SSSR count). The molecule has 0 N–H and O–H groups in total. The van der Waals surface area contributed by atoms with Crippen molar-refractivity contribution in [1.82, 2.24) is 0 Å². The largest absolute Gasteiger partial charge is 0.417 e. The first-order valence-corrected chi connectivity index (χ1v) is 6.32. The second-order valence-electron chi connectivity index (χ2n) is 3.78. The molecule has 18 heavy (non-hydrogen) atoms. The van der Waals surface area contributed by atoms with Crippen molar-refractivity contribution in [2.75, 3.05) is 0 Å². The van der Waals surface area contributed by atoms with Gasteiger partial charge in [0.25, 0.3) is 0 Å². The van der Waals surface area contributed by atoms with Gasteiger partial charge >= 0.3 is 6.18 Å². The SMILES string of the molecule is CC(=O)C1=Cc2c(C(F)(F)F)cccc2S1(=O)=O. The van der Waals surface area contributed by atoms with Gasteiger partial charge in [0.1, 0.15) is 4.91 Å². The maximum Gasteiger partial charge on any atom is 0.417 e. The number of allylic oxidation sites excluding steroid dienone is 1. The summed E-state index contributed by atoms with van der Waals surface area (Å²) in [7, 11) is -4.12. The van der Waals surface area contributed by atoms with E-state index in [0.717, 1.165) is 31.2 Å². The third-order valence-electron chi connectivity index (χ3n) is 2.57. The molecule has 1 aromatic rings. The van der Waals surface area contributed by atoms with Crippen LogP contribution in [0, 0.1) is 0 Å². The number of hydrogen-bond donors (Lipinski definition) is 0. The van der Waals surface area contributed by atoms with Gasteiger partial charge in [-0.25, -0.2) is 8.42 Å². The van der Waals surface area contributed by atoms with Crippen LogP contribution in [-0.4, -0.2) is 14.2 Å². The Bertz CT molecular complexity index is 669. The van der Waals surface area contributed by atoms with Gasteiger partial charge in [-0.15, -0.1) is 0 Å². The van der Waals surface area contributed by atoms with Crippen LogP contribution in [-0.2, 0) is 20.8 Å². The van der Waals surface area contributed by atoms with Crippen molar-refractivity contribution in [3.8, 4) is 0 Å². The minimum atomic E-state index is -4.66. The molecule has 1 aliphatic heterocycles. The fourth-order valence-corrected chi connectivity index (χ4v) is 3.40. The quantitative estimate of drug-likeness (QED) is 0.791. The van der Waals surface area contributed by atoms with Crippen molar-refractivity contribution < 1.29 is 26.4 Å². The van der Waals surface area contributed by atoms with Gasteiger partial charge in [0.05, 0.1) is 10.5 Å². The van der Waals surface area contributed by atoms with Crippen LogP contribution in [0.4, 0.5) is 13.2 Å². The fraction of sp³-hybridized carbons (Fsp3) is 0.182. The Hall–Kier alpha value is -1.63. The number of hydrogen-bond acceptors (Lipinski definition) is 3. The van der Waals surface area contributed by atoms with Gasteiger partial charge in [-0.1, -0.05) is 6.07 Å². The first-order chi connectivity index (χ1) is 8.15. The Balaban J connectivity index is 2.80. The van der Waals surface area contributed by atoms with E-state index in [0.29, 0.717) is 0 Å². The van der Waals surface area contributed by atoms with Gasteiger partial charge in [-0.05, 0) is 25.1 Å². The second kappa shape index (κ2) is 3.68. The molecule has 0 spiro atoms. The predicted octanol–water partition coefficient (Wildman–Crippen LogP) is 2.42. The molecule has 0 amide bonds. The van der Waals surface area contributed by atoms with Crippen molar-refractivity contribution in [1.29, 1.82) is 0 Å². The Labute approximate surface area is 101 Å². The summed E-state index contributed by atoms with van der Waals surface area (Å²) < 4.78 is 61.8. The molecule has 0 radical (unpaired) electrons. The van der Waals surface area contributed by atoms with Crippen molar-refractivity contribution in [3.05, 3.63) is 34.2 Å². The molecule has 0 fully saturated rings. The van der Waals surface area contributed by atoms with E-state index in [4.69, 9.17) is 0 Å². The minimum Gasteiger partial charge on any atom is -0.294 e. The third kappa shape index (κ3) is 1.74. The normalized spacial score (nSPS) is 17.2. The lowest BCUT2D eigenvalue weighted by Gasteiger charge is -2.10. The predicted molar refractivity (Wildman–Crippen MR) is 57.3 cm³/mol. The Morgan fingerprint density at radius 2 is 1.83 bits per heavy atom. The number of alkyl halides is 3. The second-order valence-corrected chi connectivity index (χ2v) is 5.67. The van der Waals surface area contributed by atoms with Crippen LogP contribution in [0.3, 0.4) is 0 Å². The third-order valence-corrected chi connectivity index (χ3v) is 4.49. The van der Waals surface area contributed by atoms with Crippen LogP contribution >= 0.6 is 0 Å². The van der Waals surface area contributed by atoms with E-state index in [9.17, 15) is 26.4 Å². The smallest absolute Gasteiger partial charge is 0.294 e. The van der Waals surface area contributed by atoms with Crippen molar-refractivity contribution in [2.45, 2.75) is 18.0 Å². The number of carbonyl (C=O) groups is 1. The van der Waals surface area contributed by atoms with E-state index in [1.807, 2.05) is 0 Å². The lowest BCUT2D eigenvalue weighted by Crippen LogP contribution is -2.09. The molecule has 0 saturated heterocycles. The van der Waals surface area contributed by atoms with Crippen LogP contribution in [0.25, 0.3) is 6.08 Å². The van der Waals surface area contributed by atoms with Gasteiger partial charge in [0, 0.05) is 5.56 Å². The van der Waals surface area contributed by atoms with Crippen molar-refractivity contribution in [3.63, 3.8) is 0 Å². The maximum atomic E-state index is 12.7. The highest BCUT2D eigenvalue weighted by molar-refractivity contribution is 7.96. The molecule has 0 saturated carbocycles.